The lowest BCUT2D eigenvalue weighted by molar-refractivity contribution is 0.119. The standard InChI is InChI=1S/C10H12N6S2/c1-7-13-9(17-5-3-11)16-8(2)14-10(15(7)16)18-6-4-12/h7-8H,5-6H2,1-2H3/t7-,8+. The summed E-state index contributed by atoms with van der Waals surface area (Å²) in [6.07, 6.45) is -0.0535. The summed E-state index contributed by atoms with van der Waals surface area (Å²) in [5, 5.41) is 22.9. The average molecular weight is 280 g/mol. The van der Waals surface area contributed by atoms with Crippen LogP contribution in [0.3, 0.4) is 0 Å². The van der Waals surface area contributed by atoms with Crippen molar-refractivity contribution in [2.75, 3.05) is 11.5 Å². The fourth-order valence-corrected chi connectivity index (χ4v) is 3.40. The predicted molar refractivity (Wildman–Crippen MR) is 73.6 cm³/mol. The topological polar surface area (TPSA) is 78.8 Å². The smallest absolute Gasteiger partial charge is 0.183 e. The van der Waals surface area contributed by atoms with Gasteiger partial charge < -0.3 is 0 Å². The van der Waals surface area contributed by atoms with E-state index in [1.165, 1.54) is 23.5 Å². The molecule has 2 rings (SSSR count). The van der Waals surface area contributed by atoms with E-state index in [9.17, 15) is 0 Å². The van der Waals surface area contributed by atoms with E-state index in [1.807, 2.05) is 23.9 Å². The maximum absolute atomic E-state index is 8.64. The molecule has 94 valence electrons. The molecule has 0 N–H and O–H groups in total. The monoisotopic (exact) mass is 280 g/mol. The Morgan fingerprint density at radius 2 is 1.39 bits per heavy atom. The van der Waals surface area contributed by atoms with Crippen LogP contribution in [0.25, 0.3) is 0 Å². The van der Waals surface area contributed by atoms with E-state index in [4.69, 9.17) is 10.5 Å². The number of fused-ring (bicyclic) bond motifs is 1. The highest BCUT2D eigenvalue weighted by Crippen LogP contribution is 2.33. The third-order valence-corrected chi connectivity index (χ3v) is 4.11. The van der Waals surface area contributed by atoms with Crippen LogP contribution in [0.15, 0.2) is 9.98 Å². The highest BCUT2D eigenvalue weighted by molar-refractivity contribution is 8.14. The third-order valence-electron chi connectivity index (χ3n) is 2.46. The van der Waals surface area contributed by atoms with E-state index in [-0.39, 0.29) is 12.3 Å². The van der Waals surface area contributed by atoms with Crippen molar-refractivity contribution in [3.8, 4) is 12.1 Å². The SMILES string of the molecule is C[C@@H]1N=C(SCC#N)N2[C@@H](C)N=C(SCC#N)N12. The summed E-state index contributed by atoms with van der Waals surface area (Å²) in [6.45, 7) is 3.96. The van der Waals surface area contributed by atoms with Crippen molar-refractivity contribution in [2.24, 2.45) is 9.98 Å². The first-order valence-electron chi connectivity index (χ1n) is 5.42. The summed E-state index contributed by atoms with van der Waals surface area (Å²) in [6, 6.07) is 4.20. The molecule has 0 saturated carbocycles. The predicted octanol–water partition coefficient (Wildman–Crippen LogP) is 1.45. The number of thioether (sulfide) groups is 2. The van der Waals surface area contributed by atoms with E-state index in [2.05, 4.69) is 22.1 Å². The zero-order valence-corrected chi connectivity index (χ0v) is 11.7. The molecule has 0 fully saturated rings. The second-order valence-corrected chi connectivity index (χ2v) is 5.55. The maximum Gasteiger partial charge on any atom is 0.183 e. The Bertz CT molecular complexity index is 430. The van der Waals surface area contributed by atoms with Gasteiger partial charge in [-0.1, -0.05) is 23.5 Å². The van der Waals surface area contributed by atoms with E-state index in [0.29, 0.717) is 11.5 Å². The fraction of sp³-hybridized carbons (Fsp3) is 0.600. The van der Waals surface area contributed by atoms with Crippen molar-refractivity contribution in [3.63, 3.8) is 0 Å². The highest BCUT2D eigenvalue weighted by Gasteiger charge is 2.41. The number of hydrazine groups is 1. The second-order valence-electron chi connectivity index (χ2n) is 3.67. The molecular weight excluding hydrogens is 268 g/mol. The molecule has 2 heterocycles. The second kappa shape index (κ2) is 5.51. The molecule has 0 aromatic carbocycles. The molecule has 2 aliphatic rings. The molecular formula is C10H12N6S2. The minimum atomic E-state index is -0.0268. The lowest BCUT2D eigenvalue weighted by Crippen LogP contribution is -2.44. The first-order valence-corrected chi connectivity index (χ1v) is 7.39. The van der Waals surface area contributed by atoms with Crippen LogP contribution in [0, 0.1) is 22.7 Å². The lowest BCUT2D eigenvalue weighted by Gasteiger charge is -2.28. The average Bonchev–Trinajstić information content (AvgIpc) is 2.85. The molecule has 0 spiro atoms. The molecule has 2 atom stereocenters. The van der Waals surface area contributed by atoms with Crippen molar-refractivity contribution in [1.82, 2.24) is 10.0 Å². The third kappa shape index (κ3) is 2.26. The fourth-order valence-electron chi connectivity index (χ4n) is 1.81. The summed E-state index contributed by atoms with van der Waals surface area (Å²) in [5.41, 5.74) is 0. The van der Waals surface area contributed by atoms with Crippen molar-refractivity contribution >= 4 is 33.9 Å². The summed E-state index contributed by atoms with van der Waals surface area (Å²) < 4.78 is 0. The summed E-state index contributed by atoms with van der Waals surface area (Å²) in [5.74, 6) is 0.757. The first kappa shape index (κ1) is 13.1. The van der Waals surface area contributed by atoms with Crippen molar-refractivity contribution < 1.29 is 0 Å². The number of nitrogens with zero attached hydrogens (tertiary/aromatic N) is 6. The number of nitriles is 2. The summed E-state index contributed by atoms with van der Waals surface area (Å²) in [4.78, 5) is 9.05. The molecule has 0 saturated heterocycles. The zero-order valence-electron chi connectivity index (χ0n) is 10.1. The quantitative estimate of drug-likeness (QED) is 0.761. The Hall–Kier alpha value is -1.38. The summed E-state index contributed by atoms with van der Waals surface area (Å²) in [7, 11) is 0. The summed E-state index contributed by atoms with van der Waals surface area (Å²) >= 11 is 2.84. The number of aliphatic imine (C=N–C) groups is 2. The maximum atomic E-state index is 8.64. The Kier molecular flexibility index (Phi) is 4.00. The Labute approximate surface area is 114 Å². The van der Waals surface area contributed by atoms with Gasteiger partial charge in [-0.05, 0) is 13.8 Å². The molecule has 0 aromatic rings. The zero-order chi connectivity index (χ0) is 13.1. The van der Waals surface area contributed by atoms with Crippen molar-refractivity contribution in [1.29, 1.82) is 10.5 Å². The van der Waals surface area contributed by atoms with Gasteiger partial charge in [0, 0.05) is 0 Å². The van der Waals surface area contributed by atoms with Gasteiger partial charge in [-0.25, -0.2) is 20.0 Å². The van der Waals surface area contributed by atoms with E-state index in [1.54, 1.807) is 0 Å². The first-order chi connectivity index (χ1) is 8.69. The van der Waals surface area contributed by atoms with Crippen LogP contribution in [-0.4, -0.2) is 44.2 Å². The Balaban J connectivity index is 2.12. The molecule has 0 radical (unpaired) electrons. The lowest BCUT2D eigenvalue weighted by atomic mass is 10.6. The van der Waals surface area contributed by atoms with Crippen LogP contribution in [0.1, 0.15) is 13.8 Å². The van der Waals surface area contributed by atoms with Gasteiger partial charge in [-0.2, -0.15) is 10.5 Å². The van der Waals surface area contributed by atoms with Gasteiger partial charge in [0.2, 0.25) is 0 Å². The van der Waals surface area contributed by atoms with Gasteiger partial charge in [0.15, 0.2) is 10.3 Å². The normalized spacial score (nSPS) is 25.3. The molecule has 0 unspecified atom stereocenters. The van der Waals surface area contributed by atoms with Crippen LogP contribution in [-0.2, 0) is 0 Å². The molecule has 8 heteroatoms. The largest absolute Gasteiger partial charge is 0.234 e. The molecule has 18 heavy (non-hydrogen) atoms. The molecule has 0 bridgehead atoms. The van der Waals surface area contributed by atoms with Crippen molar-refractivity contribution in [2.45, 2.75) is 26.2 Å². The van der Waals surface area contributed by atoms with E-state index in [0.717, 1.165) is 10.3 Å². The van der Waals surface area contributed by atoms with Gasteiger partial charge in [0.25, 0.3) is 0 Å². The molecule has 0 amide bonds. The Morgan fingerprint density at radius 3 is 1.72 bits per heavy atom. The van der Waals surface area contributed by atoms with Gasteiger partial charge in [-0.3, -0.25) is 0 Å². The minimum absolute atomic E-state index is 0.0268. The number of hydrogen-bond acceptors (Lipinski definition) is 8. The minimum Gasteiger partial charge on any atom is -0.234 e. The number of rotatable bonds is 2. The van der Waals surface area contributed by atoms with Gasteiger partial charge >= 0.3 is 0 Å². The number of hydrogen-bond donors (Lipinski definition) is 0. The van der Waals surface area contributed by atoms with Gasteiger partial charge in [-0.15, -0.1) is 0 Å². The number of amidine groups is 2. The van der Waals surface area contributed by atoms with Crippen LogP contribution in [0.2, 0.25) is 0 Å². The Morgan fingerprint density at radius 1 is 1.00 bits per heavy atom. The van der Waals surface area contributed by atoms with Crippen LogP contribution in [0.4, 0.5) is 0 Å². The van der Waals surface area contributed by atoms with Crippen LogP contribution in [0.5, 0.6) is 0 Å². The van der Waals surface area contributed by atoms with Gasteiger partial charge in [0.1, 0.15) is 12.3 Å². The van der Waals surface area contributed by atoms with E-state index < -0.39 is 0 Å². The molecule has 0 aliphatic carbocycles. The molecule has 6 nitrogen and oxygen atoms in total. The van der Waals surface area contributed by atoms with Crippen LogP contribution >= 0.6 is 23.5 Å². The molecule has 0 aromatic heterocycles. The van der Waals surface area contributed by atoms with Crippen molar-refractivity contribution in [3.05, 3.63) is 0 Å². The van der Waals surface area contributed by atoms with Crippen LogP contribution < -0.4 is 0 Å². The van der Waals surface area contributed by atoms with Gasteiger partial charge in [0.05, 0.1) is 23.6 Å². The highest BCUT2D eigenvalue weighted by atomic mass is 32.2. The van der Waals surface area contributed by atoms with E-state index >= 15 is 0 Å². The molecule has 2 aliphatic heterocycles.